The van der Waals surface area contributed by atoms with Crippen LogP contribution in [0.4, 0.5) is 0 Å². The highest BCUT2D eigenvalue weighted by molar-refractivity contribution is 6.36. The number of aromatic nitrogens is 2. The number of fused-ring (bicyclic) bond motifs is 1. The number of amides is 1. The van der Waals surface area contributed by atoms with E-state index in [-0.39, 0.29) is 5.91 Å². The molecule has 0 fully saturated rings. The molecule has 34 heavy (non-hydrogen) atoms. The Kier molecular flexibility index (Phi) is 7.60. The van der Waals surface area contributed by atoms with Crippen LogP contribution in [0.15, 0.2) is 60.7 Å². The van der Waals surface area contributed by atoms with Gasteiger partial charge in [-0.1, -0.05) is 41.4 Å². The molecule has 0 saturated heterocycles. The van der Waals surface area contributed by atoms with Gasteiger partial charge >= 0.3 is 0 Å². The van der Waals surface area contributed by atoms with Crippen molar-refractivity contribution in [1.82, 2.24) is 14.9 Å². The molecule has 0 aliphatic carbocycles. The van der Waals surface area contributed by atoms with E-state index in [9.17, 15) is 4.79 Å². The van der Waals surface area contributed by atoms with E-state index in [0.717, 1.165) is 28.8 Å². The van der Waals surface area contributed by atoms with Gasteiger partial charge in [0.2, 0.25) is 0 Å². The molecule has 1 aromatic heterocycles. The van der Waals surface area contributed by atoms with Gasteiger partial charge in [-0.25, -0.2) is 4.98 Å². The van der Waals surface area contributed by atoms with Crippen LogP contribution in [0.25, 0.3) is 11.0 Å². The summed E-state index contributed by atoms with van der Waals surface area (Å²) >= 11 is 12.9. The van der Waals surface area contributed by atoms with Crippen LogP contribution >= 0.6 is 23.2 Å². The maximum atomic E-state index is 12.6. The van der Waals surface area contributed by atoms with Gasteiger partial charge in [-0.15, -0.1) is 0 Å². The molecule has 3 aromatic carbocycles. The number of aryl methyl sites for hydroxylation is 1. The van der Waals surface area contributed by atoms with Crippen LogP contribution < -0.4 is 14.8 Å². The van der Waals surface area contributed by atoms with Crippen LogP contribution in [0, 0.1) is 0 Å². The molecule has 0 aliphatic heterocycles. The predicted octanol–water partition coefficient (Wildman–Crippen LogP) is 5.77. The SMILES string of the molecule is COc1ccc(C(=O)NCCCc2nc3ccccc3n2Cc2c(Cl)cccc2Cl)cc1OC. The van der Waals surface area contributed by atoms with Crippen molar-refractivity contribution in [3.8, 4) is 11.5 Å². The lowest BCUT2D eigenvalue weighted by atomic mass is 10.2. The van der Waals surface area contributed by atoms with E-state index >= 15 is 0 Å². The average molecular weight is 498 g/mol. The number of hydrogen-bond donors (Lipinski definition) is 1. The Balaban J connectivity index is 1.46. The van der Waals surface area contributed by atoms with Crippen LogP contribution in [0.3, 0.4) is 0 Å². The monoisotopic (exact) mass is 497 g/mol. The van der Waals surface area contributed by atoms with Crippen molar-refractivity contribution in [3.63, 3.8) is 0 Å². The van der Waals surface area contributed by atoms with Gasteiger partial charge in [-0.3, -0.25) is 4.79 Å². The van der Waals surface area contributed by atoms with Crippen molar-refractivity contribution in [2.75, 3.05) is 20.8 Å². The van der Waals surface area contributed by atoms with Gasteiger partial charge in [-0.2, -0.15) is 0 Å². The molecule has 4 rings (SSSR count). The fourth-order valence-corrected chi connectivity index (χ4v) is 4.38. The third-order valence-corrected chi connectivity index (χ3v) is 6.33. The third kappa shape index (κ3) is 5.13. The molecule has 0 radical (unpaired) electrons. The molecule has 1 heterocycles. The van der Waals surface area contributed by atoms with Crippen LogP contribution in [-0.2, 0) is 13.0 Å². The smallest absolute Gasteiger partial charge is 0.251 e. The second kappa shape index (κ2) is 10.8. The number of carbonyl (C=O) groups is 1. The highest BCUT2D eigenvalue weighted by Crippen LogP contribution is 2.29. The van der Waals surface area contributed by atoms with Gasteiger partial charge in [-0.05, 0) is 48.9 Å². The van der Waals surface area contributed by atoms with E-state index in [2.05, 4.69) is 9.88 Å². The highest BCUT2D eigenvalue weighted by atomic mass is 35.5. The molecule has 0 saturated carbocycles. The number of methoxy groups -OCH3 is 2. The van der Waals surface area contributed by atoms with Crippen LogP contribution in [0.1, 0.15) is 28.2 Å². The van der Waals surface area contributed by atoms with Gasteiger partial charge in [0, 0.05) is 34.1 Å². The molecule has 0 unspecified atom stereocenters. The highest BCUT2D eigenvalue weighted by Gasteiger charge is 2.15. The summed E-state index contributed by atoms with van der Waals surface area (Å²) in [6, 6.07) is 18.6. The van der Waals surface area contributed by atoms with Gasteiger partial charge in [0.05, 0.1) is 31.8 Å². The van der Waals surface area contributed by atoms with E-state index in [4.69, 9.17) is 37.7 Å². The number of halogens is 2. The summed E-state index contributed by atoms with van der Waals surface area (Å²) in [7, 11) is 3.10. The average Bonchev–Trinajstić information content (AvgIpc) is 3.20. The lowest BCUT2D eigenvalue weighted by Crippen LogP contribution is -2.25. The minimum absolute atomic E-state index is 0.169. The number of imidazole rings is 1. The van der Waals surface area contributed by atoms with Gasteiger partial charge in [0.25, 0.3) is 5.91 Å². The zero-order valence-electron chi connectivity index (χ0n) is 19.0. The Morgan fingerprint density at radius 1 is 0.971 bits per heavy atom. The normalized spacial score (nSPS) is 10.9. The second-order valence-corrected chi connectivity index (χ2v) is 8.55. The van der Waals surface area contributed by atoms with E-state index in [1.165, 1.54) is 0 Å². The van der Waals surface area contributed by atoms with Crippen molar-refractivity contribution in [2.24, 2.45) is 0 Å². The van der Waals surface area contributed by atoms with Crippen LogP contribution in [0.2, 0.25) is 10.0 Å². The first-order chi connectivity index (χ1) is 16.5. The summed E-state index contributed by atoms with van der Waals surface area (Å²) in [6.45, 7) is 1.02. The van der Waals surface area contributed by atoms with Gasteiger partial charge < -0.3 is 19.4 Å². The Labute approximate surface area is 208 Å². The lowest BCUT2D eigenvalue weighted by Gasteiger charge is -2.13. The minimum Gasteiger partial charge on any atom is -0.493 e. The maximum absolute atomic E-state index is 12.6. The fourth-order valence-electron chi connectivity index (χ4n) is 3.86. The summed E-state index contributed by atoms with van der Waals surface area (Å²) < 4.78 is 12.7. The third-order valence-electron chi connectivity index (χ3n) is 5.62. The number of rotatable bonds is 9. The first-order valence-electron chi connectivity index (χ1n) is 10.9. The summed E-state index contributed by atoms with van der Waals surface area (Å²) in [6.07, 6.45) is 1.40. The Morgan fingerprint density at radius 3 is 2.44 bits per heavy atom. The Morgan fingerprint density at radius 2 is 1.71 bits per heavy atom. The standard InChI is InChI=1S/C26H25Cl2N3O3/c1-33-23-13-12-17(15-24(23)34-2)26(32)29-14-6-11-25-30-21-9-3-4-10-22(21)31(25)16-18-19(27)7-5-8-20(18)28/h3-5,7-10,12-13,15H,6,11,14,16H2,1-2H3,(H,29,32). The molecule has 176 valence electrons. The fraction of sp³-hybridized carbons (Fsp3) is 0.231. The molecule has 8 heteroatoms. The predicted molar refractivity (Wildman–Crippen MR) is 135 cm³/mol. The van der Waals surface area contributed by atoms with Crippen molar-refractivity contribution in [1.29, 1.82) is 0 Å². The molecular weight excluding hydrogens is 473 g/mol. The minimum atomic E-state index is -0.169. The molecule has 1 amide bonds. The molecule has 1 N–H and O–H groups in total. The number of carbonyl (C=O) groups excluding carboxylic acids is 1. The lowest BCUT2D eigenvalue weighted by molar-refractivity contribution is 0.0952. The molecule has 0 bridgehead atoms. The molecule has 0 atom stereocenters. The number of nitrogens with one attached hydrogen (secondary N) is 1. The van der Waals surface area contributed by atoms with Gasteiger partial charge in [0.1, 0.15) is 5.82 Å². The summed E-state index contributed by atoms with van der Waals surface area (Å²) in [5.41, 5.74) is 3.30. The van der Waals surface area contributed by atoms with Crippen molar-refractivity contribution in [2.45, 2.75) is 19.4 Å². The summed E-state index contributed by atoms with van der Waals surface area (Å²) in [5, 5.41) is 4.21. The molecule has 6 nitrogen and oxygen atoms in total. The van der Waals surface area contributed by atoms with Crippen molar-refractivity contribution >= 4 is 40.1 Å². The largest absolute Gasteiger partial charge is 0.493 e. The quantitative estimate of drug-likeness (QED) is 0.298. The van der Waals surface area contributed by atoms with E-state index < -0.39 is 0 Å². The number of nitrogens with zero attached hydrogens (tertiary/aromatic N) is 2. The Hall–Kier alpha value is -3.22. The van der Waals surface area contributed by atoms with E-state index in [0.29, 0.717) is 46.6 Å². The molecule has 0 aliphatic rings. The number of hydrogen-bond acceptors (Lipinski definition) is 4. The van der Waals surface area contributed by atoms with Gasteiger partial charge in [0.15, 0.2) is 11.5 Å². The number of benzene rings is 3. The van der Waals surface area contributed by atoms with Crippen molar-refractivity contribution in [3.05, 3.63) is 87.7 Å². The van der Waals surface area contributed by atoms with Crippen LogP contribution in [0.5, 0.6) is 11.5 Å². The maximum Gasteiger partial charge on any atom is 0.251 e. The first-order valence-corrected chi connectivity index (χ1v) is 11.6. The summed E-state index contributed by atoms with van der Waals surface area (Å²) in [5.74, 6) is 1.84. The molecule has 4 aromatic rings. The number of ether oxygens (including phenoxy) is 2. The van der Waals surface area contributed by atoms with Crippen molar-refractivity contribution < 1.29 is 14.3 Å². The zero-order chi connectivity index (χ0) is 24.1. The zero-order valence-corrected chi connectivity index (χ0v) is 20.5. The topological polar surface area (TPSA) is 65.4 Å². The first kappa shape index (κ1) is 23.9. The molecular formula is C26H25Cl2N3O3. The number of para-hydroxylation sites is 2. The Bertz CT molecular complexity index is 1300. The van der Waals surface area contributed by atoms with Crippen LogP contribution in [-0.4, -0.2) is 36.2 Å². The second-order valence-electron chi connectivity index (χ2n) is 7.73. The van der Waals surface area contributed by atoms with E-state index in [1.807, 2.05) is 42.5 Å². The summed E-state index contributed by atoms with van der Waals surface area (Å²) in [4.78, 5) is 17.4. The van der Waals surface area contributed by atoms with E-state index in [1.54, 1.807) is 32.4 Å². The molecule has 0 spiro atoms.